The van der Waals surface area contributed by atoms with E-state index in [0.29, 0.717) is 17.5 Å². The fraction of sp³-hybridized carbons (Fsp3) is 0.0952. The Morgan fingerprint density at radius 1 is 1.04 bits per heavy atom. The van der Waals surface area contributed by atoms with E-state index >= 15 is 0 Å². The number of aromatic amines is 2. The molecule has 0 spiro atoms. The van der Waals surface area contributed by atoms with Gasteiger partial charge in [-0.2, -0.15) is 0 Å². The van der Waals surface area contributed by atoms with Crippen LogP contribution in [0.1, 0.15) is 27.2 Å². The van der Waals surface area contributed by atoms with Gasteiger partial charge in [-0.25, -0.2) is 4.99 Å². The second-order valence-electron chi connectivity index (χ2n) is 6.42. The smallest absolute Gasteiger partial charge is 0.271 e. The van der Waals surface area contributed by atoms with Crippen LogP contribution in [-0.4, -0.2) is 16.1 Å². The average molecular weight is 358 g/mol. The zero-order valence-corrected chi connectivity index (χ0v) is 14.5. The molecule has 0 saturated carbocycles. The molecule has 3 aromatic rings. The van der Waals surface area contributed by atoms with Crippen molar-refractivity contribution in [1.82, 2.24) is 10.2 Å². The van der Waals surface area contributed by atoms with Crippen LogP contribution >= 0.6 is 0 Å². The fourth-order valence-corrected chi connectivity index (χ4v) is 3.12. The highest BCUT2D eigenvalue weighted by atomic mass is 16.1. The number of para-hydroxylation sites is 1. The Morgan fingerprint density at radius 2 is 1.81 bits per heavy atom. The minimum atomic E-state index is -0.442. The van der Waals surface area contributed by atoms with Gasteiger partial charge in [-0.15, -0.1) is 0 Å². The number of rotatable bonds is 5. The molecule has 2 aromatic carbocycles. The minimum absolute atomic E-state index is 0.166. The maximum Gasteiger partial charge on any atom is 0.271 e. The van der Waals surface area contributed by atoms with E-state index in [0.717, 1.165) is 34.0 Å². The number of aromatic nitrogens is 2. The van der Waals surface area contributed by atoms with Gasteiger partial charge in [0, 0.05) is 16.5 Å². The van der Waals surface area contributed by atoms with Gasteiger partial charge in [0.15, 0.2) is 0 Å². The first kappa shape index (κ1) is 16.8. The highest BCUT2D eigenvalue weighted by molar-refractivity contribution is 5.92. The molecule has 0 unspecified atom stereocenters. The third-order valence-corrected chi connectivity index (χ3v) is 4.58. The SMILES string of the molecule is NC(=O)c1ccc(CCc2[nH][nH]c(=O)c2C=C2C=c3ccccc3=N2)cc1. The first-order valence-electron chi connectivity index (χ1n) is 8.65. The van der Waals surface area contributed by atoms with Gasteiger partial charge in [-0.1, -0.05) is 30.3 Å². The molecular weight excluding hydrogens is 340 g/mol. The van der Waals surface area contributed by atoms with E-state index in [1.807, 2.05) is 42.5 Å². The van der Waals surface area contributed by atoms with Crippen molar-refractivity contribution >= 4 is 18.1 Å². The summed E-state index contributed by atoms with van der Waals surface area (Å²) < 4.78 is 0. The van der Waals surface area contributed by atoms with Crippen LogP contribution in [0.5, 0.6) is 0 Å². The summed E-state index contributed by atoms with van der Waals surface area (Å²) in [6, 6.07) is 15.0. The lowest BCUT2D eigenvalue weighted by atomic mass is 10.0. The topological polar surface area (TPSA) is 104 Å². The van der Waals surface area contributed by atoms with Gasteiger partial charge in [-0.3, -0.25) is 14.7 Å². The molecule has 27 heavy (non-hydrogen) atoms. The fourth-order valence-electron chi connectivity index (χ4n) is 3.12. The molecule has 4 N–H and O–H groups in total. The number of H-pyrrole nitrogens is 2. The maximum absolute atomic E-state index is 12.2. The third kappa shape index (κ3) is 3.50. The second-order valence-corrected chi connectivity index (χ2v) is 6.42. The Labute approximate surface area is 154 Å². The van der Waals surface area contributed by atoms with Crippen molar-refractivity contribution < 1.29 is 4.79 Å². The Bertz CT molecular complexity index is 1180. The molecule has 2 heterocycles. The molecule has 0 saturated heterocycles. The van der Waals surface area contributed by atoms with E-state index < -0.39 is 5.91 Å². The lowest BCUT2D eigenvalue weighted by Gasteiger charge is -2.02. The first-order valence-corrected chi connectivity index (χ1v) is 8.65. The van der Waals surface area contributed by atoms with E-state index in [-0.39, 0.29) is 5.56 Å². The van der Waals surface area contributed by atoms with Crippen LogP contribution < -0.4 is 21.9 Å². The van der Waals surface area contributed by atoms with E-state index in [9.17, 15) is 9.59 Å². The van der Waals surface area contributed by atoms with E-state index in [4.69, 9.17) is 5.73 Å². The van der Waals surface area contributed by atoms with Gasteiger partial charge in [0.25, 0.3) is 5.56 Å². The van der Waals surface area contributed by atoms with E-state index in [1.165, 1.54) is 0 Å². The number of nitrogens with one attached hydrogen (secondary N) is 2. The summed E-state index contributed by atoms with van der Waals surface area (Å²) in [5, 5.41) is 7.57. The molecule has 134 valence electrons. The Kier molecular flexibility index (Phi) is 4.30. The van der Waals surface area contributed by atoms with E-state index in [1.54, 1.807) is 18.2 Å². The van der Waals surface area contributed by atoms with Gasteiger partial charge in [0.05, 0.1) is 16.6 Å². The van der Waals surface area contributed by atoms with Crippen molar-refractivity contribution in [2.24, 2.45) is 10.7 Å². The molecule has 0 radical (unpaired) electrons. The number of fused-ring (bicyclic) bond motifs is 1. The highest BCUT2D eigenvalue weighted by Gasteiger charge is 2.10. The number of allylic oxidation sites excluding steroid dienone is 1. The number of carbonyl (C=O) groups is 1. The molecule has 6 heteroatoms. The molecule has 0 bridgehead atoms. The lowest BCUT2D eigenvalue weighted by molar-refractivity contribution is 0.100. The monoisotopic (exact) mass is 358 g/mol. The largest absolute Gasteiger partial charge is 0.366 e. The van der Waals surface area contributed by atoms with Crippen LogP contribution in [0.25, 0.3) is 12.2 Å². The summed E-state index contributed by atoms with van der Waals surface area (Å²) in [5.41, 5.74) is 8.81. The standard InChI is InChI=1S/C21H18N4O2/c22-20(26)14-8-5-13(6-9-14)7-10-19-17(21(27)25-24-19)12-16-11-15-3-1-2-4-18(15)23-16/h1-6,8-9,11-12H,7,10H2,(H2,22,26)(H2,24,25,27). The zero-order chi connectivity index (χ0) is 18.8. The number of hydrogen-bond acceptors (Lipinski definition) is 3. The van der Waals surface area contributed by atoms with Crippen LogP contribution in [-0.2, 0) is 12.8 Å². The summed E-state index contributed by atoms with van der Waals surface area (Å²) in [6.45, 7) is 0. The van der Waals surface area contributed by atoms with Crippen molar-refractivity contribution in [3.05, 3.63) is 97.5 Å². The molecule has 1 aliphatic rings. The number of hydrogen-bond donors (Lipinski definition) is 3. The molecule has 6 nitrogen and oxygen atoms in total. The minimum Gasteiger partial charge on any atom is -0.366 e. The number of aryl methyl sites for hydroxylation is 2. The highest BCUT2D eigenvalue weighted by Crippen LogP contribution is 2.13. The summed E-state index contributed by atoms with van der Waals surface area (Å²) >= 11 is 0. The van der Waals surface area contributed by atoms with Gasteiger partial charge in [-0.05, 0) is 48.8 Å². The summed E-state index contributed by atoms with van der Waals surface area (Å²) in [6.07, 6.45) is 5.15. The molecular formula is C21H18N4O2. The number of carbonyl (C=O) groups excluding carboxylic acids is 1. The number of nitrogens with zero attached hydrogens (tertiary/aromatic N) is 1. The lowest BCUT2D eigenvalue weighted by Crippen LogP contribution is -2.19. The predicted molar refractivity (Wildman–Crippen MR) is 103 cm³/mol. The molecule has 0 atom stereocenters. The molecule has 0 aliphatic carbocycles. The summed E-state index contributed by atoms with van der Waals surface area (Å²) in [4.78, 5) is 27.9. The van der Waals surface area contributed by atoms with Crippen LogP contribution in [0.2, 0.25) is 0 Å². The maximum atomic E-state index is 12.2. The Morgan fingerprint density at radius 3 is 2.56 bits per heavy atom. The summed E-state index contributed by atoms with van der Waals surface area (Å²) in [5.74, 6) is -0.442. The molecule has 4 rings (SSSR count). The van der Waals surface area contributed by atoms with Gasteiger partial charge in [0.1, 0.15) is 0 Å². The van der Waals surface area contributed by atoms with Crippen molar-refractivity contribution in [3.8, 4) is 0 Å². The van der Waals surface area contributed by atoms with Gasteiger partial charge < -0.3 is 10.8 Å². The van der Waals surface area contributed by atoms with Crippen molar-refractivity contribution in [3.63, 3.8) is 0 Å². The van der Waals surface area contributed by atoms with Crippen LogP contribution in [0.15, 0.2) is 64.0 Å². The second kappa shape index (κ2) is 6.92. The number of nitrogens with two attached hydrogens (primary N) is 1. The van der Waals surface area contributed by atoms with Crippen LogP contribution in [0, 0.1) is 0 Å². The number of primary amides is 1. The molecule has 1 amide bonds. The van der Waals surface area contributed by atoms with Gasteiger partial charge >= 0.3 is 0 Å². The predicted octanol–water partition coefficient (Wildman–Crippen LogP) is 1.04. The third-order valence-electron chi connectivity index (χ3n) is 4.58. The van der Waals surface area contributed by atoms with Crippen molar-refractivity contribution in [2.75, 3.05) is 0 Å². The quantitative estimate of drug-likeness (QED) is 0.634. The average Bonchev–Trinajstić information content (AvgIpc) is 3.24. The van der Waals surface area contributed by atoms with E-state index in [2.05, 4.69) is 15.2 Å². The number of benzene rings is 2. The zero-order valence-electron chi connectivity index (χ0n) is 14.5. The first-order chi connectivity index (χ1) is 13.1. The normalized spacial score (nSPS) is 13.9. The Hall–Kier alpha value is -3.67. The van der Waals surface area contributed by atoms with Gasteiger partial charge in [0.2, 0.25) is 5.91 Å². The summed E-state index contributed by atoms with van der Waals surface area (Å²) in [7, 11) is 0. The molecule has 1 aliphatic heterocycles. The van der Waals surface area contributed by atoms with Crippen LogP contribution in [0.3, 0.4) is 0 Å². The Balaban J connectivity index is 1.56. The van der Waals surface area contributed by atoms with Crippen molar-refractivity contribution in [2.45, 2.75) is 12.8 Å². The molecule has 1 aromatic heterocycles. The van der Waals surface area contributed by atoms with Crippen LogP contribution in [0.4, 0.5) is 0 Å². The van der Waals surface area contributed by atoms with Crippen molar-refractivity contribution in [1.29, 1.82) is 0 Å². The number of amides is 1. The molecule has 0 fully saturated rings.